The molecule has 0 N–H and O–H groups in total. The lowest BCUT2D eigenvalue weighted by Gasteiger charge is -2.36. The van der Waals surface area contributed by atoms with Crippen LogP contribution in [-0.2, 0) is 9.53 Å². The molecule has 2 atom stereocenters. The summed E-state index contributed by atoms with van der Waals surface area (Å²) in [4.78, 5) is 25.8. The van der Waals surface area contributed by atoms with Gasteiger partial charge in [-0.3, -0.25) is 4.79 Å². The van der Waals surface area contributed by atoms with Gasteiger partial charge in [-0.05, 0) is 66.5 Å². The molecule has 9 heteroatoms. The smallest absolute Gasteiger partial charge is 0.400 e. The largest absolute Gasteiger partial charge is 0.494 e. The van der Waals surface area contributed by atoms with Crippen molar-refractivity contribution in [2.24, 2.45) is 22.2 Å². The minimum absolute atomic E-state index is 0.0871. The Bertz CT molecular complexity index is 1460. The van der Waals surface area contributed by atoms with Crippen molar-refractivity contribution < 1.29 is 36.6 Å². The summed E-state index contributed by atoms with van der Waals surface area (Å²) in [6.45, 7) is 13.5. The Morgan fingerprint density at radius 3 is 2.07 bits per heavy atom. The van der Waals surface area contributed by atoms with Crippen LogP contribution in [0.1, 0.15) is 74.7 Å². The molecule has 0 aliphatic carbocycles. The van der Waals surface area contributed by atoms with Crippen molar-refractivity contribution in [2.45, 2.75) is 80.8 Å². The van der Waals surface area contributed by atoms with Crippen molar-refractivity contribution in [1.29, 1.82) is 0 Å². The van der Waals surface area contributed by atoms with Gasteiger partial charge in [0, 0.05) is 11.5 Å². The van der Waals surface area contributed by atoms with Gasteiger partial charge in [-0.25, -0.2) is 4.79 Å². The van der Waals surface area contributed by atoms with Gasteiger partial charge in [0.2, 0.25) is 0 Å². The Hall–Kier alpha value is -3.49. The lowest BCUT2D eigenvalue weighted by molar-refractivity contribution is -0.241. The number of halogens is 3. The molecule has 6 nitrogen and oxygen atoms in total. The van der Waals surface area contributed by atoms with Gasteiger partial charge in [-0.2, -0.15) is 13.2 Å². The fraction of sp³-hybridized carbons (Fsp3) is 0.543. The van der Waals surface area contributed by atoms with Gasteiger partial charge < -0.3 is 18.6 Å². The molecule has 2 aromatic carbocycles. The van der Waals surface area contributed by atoms with Crippen molar-refractivity contribution in [3.05, 3.63) is 59.0 Å². The van der Waals surface area contributed by atoms with Gasteiger partial charge in [0.05, 0.1) is 18.1 Å². The molecule has 0 bridgehead atoms. The molecule has 0 aliphatic rings. The van der Waals surface area contributed by atoms with Crippen LogP contribution in [0.3, 0.4) is 0 Å². The molecule has 44 heavy (non-hydrogen) atoms. The van der Waals surface area contributed by atoms with Crippen LogP contribution in [0.4, 0.5) is 13.2 Å². The van der Waals surface area contributed by atoms with E-state index in [1.807, 2.05) is 41.5 Å². The molecule has 3 rings (SSSR count). The van der Waals surface area contributed by atoms with E-state index in [0.717, 1.165) is 19.8 Å². The normalized spacial score (nSPS) is 14.6. The van der Waals surface area contributed by atoms with E-state index < -0.39 is 47.7 Å². The van der Waals surface area contributed by atoms with Gasteiger partial charge in [0.1, 0.15) is 35.7 Å². The highest BCUT2D eigenvalue weighted by Crippen LogP contribution is 2.41. The van der Waals surface area contributed by atoms with E-state index >= 15 is 0 Å². The Morgan fingerprint density at radius 1 is 0.864 bits per heavy atom. The lowest BCUT2D eigenvalue weighted by atomic mass is 9.72. The maximum absolute atomic E-state index is 14.2. The summed E-state index contributed by atoms with van der Waals surface area (Å²) in [5.41, 5.74) is -2.60. The van der Waals surface area contributed by atoms with E-state index in [-0.39, 0.29) is 16.7 Å². The molecular weight excluding hydrogens is 573 g/mol. The summed E-state index contributed by atoms with van der Waals surface area (Å²) in [6.07, 6.45) is -2.28. The molecule has 242 valence electrons. The van der Waals surface area contributed by atoms with E-state index in [1.54, 1.807) is 36.4 Å². The summed E-state index contributed by atoms with van der Waals surface area (Å²) in [5, 5.41) is 0.579. The van der Waals surface area contributed by atoms with Crippen LogP contribution in [0.2, 0.25) is 0 Å². The van der Waals surface area contributed by atoms with Crippen molar-refractivity contribution in [3.63, 3.8) is 0 Å². The van der Waals surface area contributed by atoms with Crippen LogP contribution >= 0.6 is 0 Å². The number of alkyl halides is 3. The highest BCUT2D eigenvalue weighted by molar-refractivity contribution is 5.82. The zero-order chi connectivity index (χ0) is 32.9. The van der Waals surface area contributed by atoms with Crippen LogP contribution in [0, 0.1) is 22.2 Å². The average Bonchev–Trinajstić information content (AvgIpc) is 2.92. The van der Waals surface area contributed by atoms with E-state index in [2.05, 4.69) is 6.92 Å². The number of hydrogen-bond acceptors (Lipinski definition) is 6. The second kappa shape index (κ2) is 13.7. The molecule has 0 spiro atoms. The first-order valence-electron chi connectivity index (χ1n) is 15.0. The number of fused-ring (bicyclic) bond motifs is 1. The summed E-state index contributed by atoms with van der Waals surface area (Å²) >= 11 is 0. The van der Waals surface area contributed by atoms with Gasteiger partial charge in [0.25, 0.3) is 0 Å². The van der Waals surface area contributed by atoms with Crippen LogP contribution in [-0.4, -0.2) is 32.0 Å². The summed E-state index contributed by atoms with van der Waals surface area (Å²) in [6, 6.07) is 13.3. The number of ether oxygens (including phenoxy) is 3. The Kier molecular flexibility index (Phi) is 10.9. The molecule has 1 aromatic heterocycles. The van der Waals surface area contributed by atoms with E-state index in [9.17, 15) is 22.8 Å². The molecule has 2 unspecified atom stereocenters. The van der Waals surface area contributed by atoms with Crippen molar-refractivity contribution in [3.8, 4) is 22.6 Å². The second-order valence-electron chi connectivity index (χ2n) is 14.0. The monoisotopic (exact) mass is 618 g/mol. The summed E-state index contributed by atoms with van der Waals surface area (Å²) in [7, 11) is 0. The topological polar surface area (TPSA) is 75.0 Å². The standard InChI is InChI=1S/C35H45F3O6/c1-9-10-17-41-25-14-11-23(12-15-25)27-18-24-13-16-26(19-29(24)44-30(27)39)42-21-34(8,35(36,37)38)22-43-31(40)28(33(5,6)7)20-32(2,3)4/h11-16,18-19,28H,9-10,17,20-22H2,1-8H3. The second-order valence-corrected chi connectivity index (χ2v) is 14.0. The third-order valence-electron chi connectivity index (χ3n) is 7.56. The van der Waals surface area contributed by atoms with Crippen LogP contribution < -0.4 is 15.1 Å². The summed E-state index contributed by atoms with van der Waals surface area (Å²) < 4.78 is 64.8. The minimum atomic E-state index is -4.72. The first kappa shape index (κ1) is 35.0. The zero-order valence-corrected chi connectivity index (χ0v) is 27.0. The van der Waals surface area contributed by atoms with Crippen molar-refractivity contribution in [2.75, 3.05) is 19.8 Å². The van der Waals surface area contributed by atoms with Gasteiger partial charge in [-0.1, -0.05) is 67.0 Å². The number of hydrogen-bond donors (Lipinski definition) is 0. The predicted molar refractivity (Wildman–Crippen MR) is 166 cm³/mol. The molecule has 0 radical (unpaired) electrons. The molecule has 0 fully saturated rings. The van der Waals surface area contributed by atoms with E-state index in [4.69, 9.17) is 18.6 Å². The lowest BCUT2D eigenvalue weighted by Crippen LogP contribution is -2.46. The Labute approximate surface area is 257 Å². The fourth-order valence-corrected chi connectivity index (χ4v) is 4.58. The molecular formula is C35H45F3O6. The van der Waals surface area contributed by atoms with Gasteiger partial charge in [-0.15, -0.1) is 0 Å². The van der Waals surface area contributed by atoms with Crippen LogP contribution in [0.5, 0.6) is 11.5 Å². The first-order valence-corrected chi connectivity index (χ1v) is 15.0. The van der Waals surface area contributed by atoms with E-state index in [1.165, 1.54) is 12.1 Å². The Balaban J connectivity index is 1.75. The molecule has 3 aromatic rings. The van der Waals surface area contributed by atoms with E-state index in [0.29, 0.717) is 35.3 Å². The minimum Gasteiger partial charge on any atom is -0.494 e. The fourth-order valence-electron chi connectivity index (χ4n) is 4.58. The maximum atomic E-state index is 14.2. The molecule has 0 saturated carbocycles. The third-order valence-corrected chi connectivity index (χ3v) is 7.56. The number of carbonyl (C=O) groups excluding carboxylic acids is 1. The highest BCUT2D eigenvalue weighted by atomic mass is 19.4. The quantitative estimate of drug-likeness (QED) is 0.114. The van der Waals surface area contributed by atoms with Crippen LogP contribution in [0.25, 0.3) is 22.1 Å². The van der Waals surface area contributed by atoms with Crippen molar-refractivity contribution >= 4 is 16.9 Å². The molecule has 0 saturated heterocycles. The third kappa shape index (κ3) is 9.26. The number of esters is 1. The number of rotatable bonds is 12. The Morgan fingerprint density at radius 2 is 1.50 bits per heavy atom. The van der Waals surface area contributed by atoms with Crippen molar-refractivity contribution in [1.82, 2.24) is 0 Å². The zero-order valence-electron chi connectivity index (χ0n) is 27.0. The molecule has 1 heterocycles. The van der Waals surface area contributed by atoms with Crippen LogP contribution in [0.15, 0.2) is 57.7 Å². The number of unbranched alkanes of at least 4 members (excludes halogenated alkanes) is 1. The number of benzene rings is 2. The summed E-state index contributed by atoms with van der Waals surface area (Å²) in [5.74, 6) is -0.450. The van der Waals surface area contributed by atoms with Gasteiger partial charge in [0.15, 0.2) is 0 Å². The SMILES string of the molecule is CCCCOc1ccc(-c2cc3ccc(OCC(C)(COC(=O)C(CC(C)(C)C)C(C)(C)C)C(F)(F)F)cc3oc2=O)cc1. The average molecular weight is 619 g/mol. The maximum Gasteiger partial charge on any atom is 0.400 e. The van der Waals surface area contributed by atoms with Gasteiger partial charge >= 0.3 is 17.8 Å². The first-order chi connectivity index (χ1) is 20.3. The molecule has 0 amide bonds. The predicted octanol–water partition coefficient (Wildman–Crippen LogP) is 9.23. The number of carbonyl (C=O) groups is 1. The molecule has 0 aliphatic heterocycles. The highest BCUT2D eigenvalue weighted by Gasteiger charge is 2.53.